The van der Waals surface area contributed by atoms with E-state index in [4.69, 9.17) is 16.3 Å². The lowest BCUT2D eigenvalue weighted by atomic mass is 10.1. The van der Waals surface area contributed by atoms with Gasteiger partial charge in [-0.2, -0.15) is 0 Å². The number of nitrogens with zero attached hydrogens (tertiary/aromatic N) is 2. The van der Waals surface area contributed by atoms with E-state index in [-0.39, 0.29) is 29.9 Å². The molecule has 0 heterocycles. The lowest BCUT2D eigenvalue weighted by Gasteiger charge is -2.34. The summed E-state index contributed by atoms with van der Waals surface area (Å²) in [5, 5.41) is 3.25. The van der Waals surface area contributed by atoms with Crippen molar-refractivity contribution in [2.24, 2.45) is 0 Å². The van der Waals surface area contributed by atoms with Crippen molar-refractivity contribution in [3.63, 3.8) is 0 Å². The van der Waals surface area contributed by atoms with Crippen LogP contribution in [0.4, 0.5) is 5.69 Å². The summed E-state index contributed by atoms with van der Waals surface area (Å²) < 4.78 is 31.9. The number of nitrogens with one attached hydrogen (secondary N) is 1. The minimum absolute atomic E-state index is 0.0646. The summed E-state index contributed by atoms with van der Waals surface area (Å²) in [5.41, 5.74) is 1.98. The molecule has 0 saturated heterocycles. The summed E-state index contributed by atoms with van der Waals surface area (Å²) in [6.45, 7) is 7.25. The van der Waals surface area contributed by atoms with E-state index < -0.39 is 28.5 Å². The monoisotopic (exact) mass is 537 g/mol. The van der Waals surface area contributed by atoms with Crippen LogP contribution >= 0.6 is 11.6 Å². The van der Waals surface area contributed by atoms with Crippen LogP contribution in [-0.4, -0.2) is 57.1 Å². The number of amides is 2. The van der Waals surface area contributed by atoms with Gasteiger partial charge >= 0.3 is 0 Å². The molecule has 1 N–H and O–H groups in total. The number of rotatable bonds is 12. The summed E-state index contributed by atoms with van der Waals surface area (Å²) in [6.07, 6.45) is 2.11. The average Bonchev–Trinajstić information content (AvgIpc) is 2.82. The first-order valence-corrected chi connectivity index (χ1v) is 14.1. The van der Waals surface area contributed by atoms with Gasteiger partial charge in [-0.15, -0.1) is 0 Å². The summed E-state index contributed by atoms with van der Waals surface area (Å²) in [6, 6.07) is 11.3. The van der Waals surface area contributed by atoms with Gasteiger partial charge in [-0.05, 0) is 56.0 Å². The fourth-order valence-corrected chi connectivity index (χ4v) is 4.80. The standard InChI is InChI=1S/C26H36ClN3O5S/c1-7-19(4)28-26(32)22(8-2)29(16-20-12-10-9-11-18(20)3)25(31)17-30(36(6,33)34)23-15-21(27)13-14-24(23)35-5/h9-15,19,22H,7-8,16-17H2,1-6H3,(H,28,32)/t19-,22-/m1/s1. The molecule has 2 rings (SSSR count). The summed E-state index contributed by atoms with van der Waals surface area (Å²) in [4.78, 5) is 28.4. The van der Waals surface area contributed by atoms with Gasteiger partial charge in [0.25, 0.3) is 0 Å². The van der Waals surface area contributed by atoms with E-state index >= 15 is 0 Å². The molecule has 0 aliphatic heterocycles. The number of sulfonamides is 1. The van der Waals surface area contributed by atoms with Crippen LogP contribution in [0.3, 0.4) is 0 Å². The second-order valence-corrected chi connectivity index (χ2v) is 11.1. The molecule has 36 heavy (non-hydrogen) atoms. The first-order valence-electron chi connectivity index (χ1n) is 11.9. The normalized spacial score (nSPS) is 13.0. The number of hydrogen-bond acceptors (Lipinski definition) is 5. The summed E-state index contributed by atoms with van der Waals surface area (Å²) in [5.74, 6) is -0.540. The molecule has 0 aliphatic rings. The van der Waals surface area contributed by atoms with Crippen molar-refractivity contribution < 1.29 is 22.7 Å². The Hall–Kier alpha value is -2.78. The van der Waals surface area contributed by atoms with E-state index in [1.54, 1.807) is 12.1 Å². The van der Waals surface area contributed by atoms with Crippen LogP contribution in [-0.2, 0) is 26.2 Å². The third-order valence-electron chi connectivity index (χ3n) is 6.08. The van der Waals surface area contributed by atoms with Gasteiger partial charge in [-0.1, -0.05) is 49.7 Å². The Balaban J connectivity index is 2.53. The van der Waals surface area contributed by atoms with Crippen molar-refractivity contribution in [1.29, 1.82) is 0 Å². The average molecular weight is 538 g/mol. The molecule has 198 valence electrons. The highest BCUT2D eigenvalue weighted by Gasteiger charge is 2.33. The second-order valence-electron chi connectivity index (χ2n) is 8.78. The molecule has 2 atom stereocenters. The number of aryl methyl sites for hydroxylation is 1. The van der Waals surface area contributed by atoms with E-state index in [9.17, 15) is 18.0 Å². The summed E-state index contributed by atoms with van der Waals surface area (Å²) in [7, 11) is -2.50. The molecule has 2 aromatic carbocycles. The molecule has 2 aromatic rings. The van der Waals surface area contributed by atoms with E-state index in [0.717, 1.165) is 28.1 Å². The van der Waals surface area contributed by atoms with Gasteiger partial charge in [-0.25, -0.2) is 8.42 Å². The molecule has 0 spiro atoms. The number of carbonyl (C=O) groups excluding carboxylic acids is 2. The molecule has 8 nitrogen and oxygen atoms in total. The number of methoxy groups -OCH3 is 1. The van der Waals surface area contributed by atoms with Crippen LogP contribution < -0.4 is 14.4 Å². The Morgan fingerprint density at radius 2 is 1.78 bits per heavy atom. The Labute approximate surface area is 219 Å². The van der Waals surface area contributed by atoms with E-state index in [2.05, 4.69) is 5.32 Å². The number of hydrogen-bond donors (Lipinski definition) is 1. The molecule has 0 radical (unpaired) electrons. The smallest absolute Gasteiger partial charge is 0.244 e. The third-order valence-corrected chi connectivity index (χ3v) is 7.44. The first kappa shape index (κ1) is 29.5. The maximum atomic E-state index is 13.8. The van der Waals surface area contributed by atoms with Crippen molar-refractivity contribution in [3.05, 3.63) is 58.6 Å². The Morgan fingerprint density at radius 1 is 1.11 bits per heavy atom. The van der Waals surface area contributed by atoms with Gasteiger partial charge in [0, 0.05) is 17.6 Å². The van der Waals surface area contributed by atoms with E-state index in [1.165, 1.54) is 18.1 Å². The minimum atomic E-state index is -3.91. The lowest BCUT2D eigenvalue weighted by Crippen LogP contribution is -2.53. The highest BCUT2D eigenvalue weighted by molar-refractivity contribution is 7.92. The SMILES string of the molecule is CC[C@@H](C)NC(=O)[C@@H](CC)N(Cc1ccccc1C)C(=O)CN(c1cc(Cl)ccc1OC)S(C)(=O)=O. The first-order chi connectivity index (χ1) is 16.9. The maximum absolute atomic E-state index is 13.8. The van der Waals surface area contributed by atoms with Gasteiger partial charge in [0.2, 0.25) is 21.8 Å². The van der Waals surface area contributed by atoms with Crippen LogP contribution in [0.1, 0.15) is 44.7 Å². The molecule has 0 bridgehead atoms. The molecule has 0 aliphatic carbocycles. The zero-order valence-corrected chi connectivity index (χ0v) is 23.3. The number of ether oxygens (including phenoxy) is 1. The van der Waals surface area contributed by atoms with Crippen molar-refractivity contribution in [2.45, 2.75) is 59.2 Å². The number of halogens is 1. The van der Waals surface area contributed by atoms with Gasteiger partial charge in [0.05, 0.1) is 19.1 Å². The van der Waals surface area contributed by atoms with Gasteiger partial charge in [0.1, 0.15) is 18.3 Å². The Morgan fingerprint density at radius 3 is 2.33 bits per heavy atom. The molecular formula is C26H36ClN3O5S. The fraction of sp³-hybridized carbons (Fsp3) is 0.462. The molecule has 0 unspecified atom stereocenters. The van der Waals surface area contributed by atoms with Crippen molar-refractivity contribution in [2.75, 3.05) is 24.2 Å². The maximum Gasteiger partial charge on any atom is 0.244 e. The molecule has 0 saturated carbocycles. The Kier molecular flexibility index (Phi) is 10.6. The van der Waals surface area contributed by atoms with Gasteiger partial charge in [0.15, 0.2) is 0 Å². The van der Waals surface area contributed by atoms with Crippen LogP contribution in [0.2, 0.25) is 5.02 Å². The van der Waals surface area contributed by atoms with Crippen molar-refractivity contribution in [1.82, 2.24) is 10.2 Å². The zero-order chi connectivity index (χ0) is 27.0. The molecule has 2 amide bonds. The topological polar surface area (TPSA) is 96.0 Å². The molecular weight excluding hydrogens is 502 g/mol. The van der Waals surface area contributed by atoms with E-state index in [0.29, 0.717) is 11.4 Å². The van der Waals surface area contributed by atoms with Crippen LogP contribution in [0, 0.1) is 6.92 Å². The van der Waals surface area contributed by atoms with Crippen molar-refractivity contribution in [3.8, 4) is 5.75 Å². The zero-order valence-electron chi connectivity index (χ0n) is 21.7. The highest BCUT2D eigenvalue weighted by Crippen LogP contribution is 2.33. The number of carbonyl (C=O) groups is 2. The fourth-order valence-electron chi connectivity index (χ4n) is 3.78. The molecule has 0 aromatic heterocycles. The minimum Gasteiger partial charge on any atom is -0.495 e. The summed E-state index contributed by atoms with van der Waals surface area (Å²) >= 11 is 6.14. The molecule has 0 fully saturated rings. The number of anilines is 1. The highest BCUT2D eigenvalue weighted by atomic mass is 35.5. The predicted octanol–water partition coefficient (Wildman–Crippen LogP) is 4.15. The van der Waals surface area contributed by atoms with Gasteiger partial charge in [-0.3, -0.25) is 13.9 Å². The van der Waals surface area contributed by atoms with E-state index in [1.807, 2.05) is 52.0 Å². The van der Waals surface area contributed by atoms with Crippen LogP contribution in [0.25, 0.3) is 0 Å². The molecule has 10 heteroatoms. The second kappa shape index (κ2) is 13.0. The lowest BCUT2D eigenvalue weighted by molar-refractivity contribution is -0.140. The van der Waals surface area contributed by atoms with Crippen LogP contribution in [0.15, 0.2) is 42.5 Å². The quantitative estimate of drug-likeness (QED) is 0.439. The predicted molar refractivity (Wildman–Crippen MR) is 144 cm³/mol. The van der Waals surface area contributed by atoms with Crippen LogP contribution in [0.5, 0.6) is 5.75 Å². The number of benzene rings is 2. The Bertz CT molecular complexity index is 1170. The van der Waals surface area contributed by atoms with Crippen molar-refractivity contribution >= 4 is 39.1 Å². The largest absolute Gasteiger partial charge is 0.495 e. The third kappa shape index (κ3) is 7.61. The van der Waals surface area contributed by atoms with Gasteiger partial charge < -0.3 is 15.0 Å².